The minimum absolute atomic E-state index is 0.174. The molecule has 0 aromatic heterocycles. The van der Waals surface area contributed by atoms with Gasteiger partial charge in [0.05, 0.1) is 18.1 Å². The maximum absolute atomic E-state index is 13.4. The fourth-order valence-corrected chi connectivity index (χ4v) is 1.71. The van der Waals surface area contributed by atoms with Crippen molar-refractivity contribution in [2.75, 3.05) is 13.2 Å². The van der Waals surface area contributed by atoms with Gasteiger partial charge in [-0.25, -0.2) is 0 Å². The molecular weight excluding hydrogens is 277 g/mol. The van der Waals surface area contributed by atoms with E-state index in [1.165, 1.54) is 6.07 Å². The smallest absolute Gasteiger partial charge is 0.304 e. The molecule has 6 heteroatoms. The average Bonchev–Trinajstić information content (AvgIpc) is 2.47. The highest BCUT2D eigenvalue weighted by Gasteiger charge is 2.13. The topological polar surface area (TPSA) is 61.6 Å². The first kappa shape index (κ1) is 14.9. The van der Waals surface area contributed by atoms with Gasteiger partial charge in [0, 0.05) is 6.07 Å². The summed E-state index contributed by atoms with van der Waals surface area (Å²) in [6, 6.07) is 13.0. The van der Waals surface area contributed by atoms with E-state index in [9.17, 15) is 14.5 Å². The zero-order valence-electron chi connectivity index (χ0n) is 11.2. The molecule has 0 fully saturated rings. The Hall–Kier alpha value is -2.47. The van der Waals surface area contributed by atoms with Gasteiger partial charge in [-0.05, 0) is 29.8 Å². The predicted octanol–water partition coefficient (Wildman–Crippen LogP) is 3.33. The highest BCUT2D eigenvalue weighted by Crippen LogP contribution is 2.18. The van der Waals surface area contributed by atoms with E-state index >= 15 is 0 Å². The lowest BCUT2D eigenvalue weighted by molar-refractivity contribution is -0.387. The van der Waals surface area contributed by atoms with Crippen molar-refractivity contribution in [1.82, 2.24) is 0 Å². The number of hydrogen-bond donors (Lipinski definition) is 0. The van der Waals surface area contributed by atoms with Crippen LogP contribution in [0.15, 0.2) is 48.5 Å². The van der Waals surface area contributed by atoms with Gasteiger partial charge >= 0.3 is 5.69 Å². The van der Waals surface area contributed by atoms with E-state index in [4.69, 9.17) is 9.47 Å². The van der Waals surface area contributed by atoms with Crippen molar-refractivity contribution in [2.24, 2.45) is 0 Å². The zero-order valence-corrected chi connectivity index (χ0v) is 11.2. The number of rotatable bonds is 7. The molecule has 0 atom stereocenters. The van der Waals surface area contributed by atoms with Gasteiger partial charge in [-0.1, -0.05) is 18.2 Å². The SMILES string of the molecule is O=[N+]([O-])c1ccc(COCCOc2ccccc2)cc1F. The van der Waals surface area contributed by atoms with E-state index in [0.29, 0.717) is 18.8 Å². The fraction of sp³-hybridized carbons (Fsp3) is 0.200. The van der Waals surface area contributed by atoms with E-state index in [1.54, 1.807) is 0 Å². The van der Waals surface area contributed by atoms with E-state index < -0.39 is 16.4 Å². The third-order valence-corrected chi connectivity index (χ3v) is 2.72. The molecule has 0 N–H and O–H groups in total. The van der Waals surface area contributed by atoms with E-state index in [0.717, 1.165) is 17.9 Å². The number of nitro groups is 1. The summed E-state index contributed by atoms with van der Waals surface area (Å²) in [6.45, 7) is 0.889. The Balaban J connectivity index is 1.74. The van der Waals surface area contributed by atoms with E-state index in [1.807, 2.05) is 30.3 Å². The monoisotopic (exact) mass is 291 g/mol. The van der Waals surface area contributed by atoms with Gasteiger partial charge in [-0.15, -0.1) is 0 Å². The van der Waals surface area contributed by atoms with Crippen LogP contribution in [0.1, 0.15) is 5.56 Å². The normalized spacial score (nSPS) is 10.3. The molecule has 0 saturated heterocycles. The van der Waals surface area contributed by atoms with Crippen LogP contribution in [0.25, 0.3) is 0 Å². The number of nitro benzene ring substituents is 1. The Kier molecular flexibility index (Phi) is 5.22. The summed E-state index contributed by atoms with van der Waals surface area (Å²) in [5.74, 6) is -0.107. The van der Waals surface area contributed by atoms with Gasteiger partial charge in [-0.3, -0.25) is 10.1 Å². The molecule has 2 rings (SSSR count). The molecule has 0 saturated carbocycles. The van der Waals surface area contributed by atoms with Crippen LogP contribution in [0.3, 0.4) is 0 Å². The maximum Gasteiger partial charge on any atom is 0.304 e. The van der Waals surface area contributed by atoms with Crippen LogP contribution in [0, 0.1) is 15.9 Å². The molecule has 0 aliphatic rings. The zero-order chi connectivity index (χ0) is 15.1. The Bertz CT molecular complexity index is 604. The van der Waals surface area contributed by atoms with Crippen molar-refractivity contribution in [3.8, 4) is 5.75 Å². The molecule has 0 unspecified atom stereocenters. The van der Waals surface area contributed by atoms with Gasteiger partial charge in [-0.2, -0.15) is 4.39 Å². The highest BCUT2D eigenvalue weighted by molar-refractivity contribution is 5.34. The molecule has 0 spiro atoms. The van der Waals surface area contributed by atoms with Crippen LogP contribution < -0.4 is 4.74 Å². The third kappa shape index (κ3) is 4.54. The van der Waals surface area contributed by atoms with Gasteiger partial charge in [0.2, 0.25) is 5.82 Å². The predicted molar refractivity (Wildman–Crippen MR) is 74.6 cm³/mol. The van der Waals surface area contributed by atoms with Crippen LogP contribution in [0.4, 0.5) is 10.1 Å². The van der Waals surface area contributed by atoms with Crippen LogP contribution in [-0.2, 0) is 11.3 Å². The lowest BCUT2D eigenvalue weighted by Crippen LogP contribution is -2.06. The molecule has 0 aliphatic carbocycles. The molecular formula is C15H14FNO4. The first-order chi connectivity index (χ1) is 10.2. The largest absolute Gasteiger partial charge is 0.491 e. The summed E-state index contributed by atoms with van der Waals surface area (Å²) in [4.78, 5) is 9.73. The molecule has 5 nitrogen and oxygen atoms in total. The number of para-hydroxylation sites is 1. The highest BCUT2D eigenvalue weighted by atomic mass is 19.1. The molecule has 0 radical (unpaired) electrons. The molecule has 0 heterocycles. The van der Waals surface area contributed by atoms with Gasteiger partial charge < -0.3 is 9.47 Å². The van der Waals surface area contributed by atoms with Gasteiger partial charge in [0.15, 0.2) is 0 Å². The first-order valence-electron chi connectivity index (χ1n) is 6.35. The summed E-state index contributed by atoms with van der Waals surface area (Å²) in [5, 5.41) is 10.5. The molecule has 0 aliphatic heterocycles. The number of ether oxygens (including phenoxy) is 2. The number of hydrogen-bond acceptors (Lipinski definition) is 4. The quantitative estimate of drug-likeness (QED) is 0.446. The van der Waals surface area contributed by atoms with Crippen molar-refractivity contribution in [1.29, 1.82) is 0 Å². The third-order valence-electron chi connectivity index (χ3n) is 2.72. The van der Waals surface area contributed by atoms with E-state index in [2.05, 4.69) is 0 Å². The lowest BCUT2D eigenvalue weighted by atomic mass is 10.2. The Morgan fingerprint density at radius 3 is 2.52 bits per heavy atom. The molecule has 0 amide bonds. The van der Waals surface area contributed by atoms with Crippen LogP contribution in [0.5, 0.6) is 5.75 Å². The minimum atomic E-state index is -0.860. The maximum atomic E-state index is 13.4. The van der Waals surface area contributed by atoms with Crippen LogP contribution in [0.2, 0.25) is 0 Å². The van der Waals surface area contributed by atoms with Crippen LogP contribution in [-0.4, -0.2) is 18.1 Å². The van der Waals surface area contributed by atoms with Crippen molar-refractivity contribution in [3.05, 3.63) is 70.0 Å². The Labute approximate surface area is 121 Å². The molecule has 110 valence electrons. The van der Waals surface area contributed by atoms with Crippen molar-refractivity contribution >= 4 is 5.69 Å². The Morgan fingerprint density at radius 1 is 1.10 bits per heavy atom. The van der Waals surface area contributed by atoms with Crippen molar-refractivity contribution < 1.29 is 18.8 Å². The fourth-order valence-electron chi connectivity index (χ4n) is 1.71. The first-order valence-corrected chi connectivity index (χ1v) is 6.35. The summed E-state index contributed by atoms with van der Waals surface area (Å²) >= 11 is 0. The number of halogens is 1. The summed E-state index contributed by atoms with van der Waals surface area (Å²) in [5.41, 5.74) is 0.00368. The van der Waals surface area contributed by atoms with Crippen molar-refractivity contribution in [2.45, 2.75) is 6.61 Å². The lowest BCUT2D eigenvalue weighted by Gasteiger charge is -2.07. The molecule has 2 aromatic rings. The summed E-state index contributed by atoms with van der Waals surface area (Å²) in [7, 11) is 0. The molecule has 2 aromatic carbocycles. The molecule has 0 bridgehead atoms. The second-order valence-corrected chi connectivity index (χ2v) is 4.26. The van der Waals surface area contributed by atoms with Gasteiger partial charge in [0.25, 0.3) is 0 Å². The Morgan fingerprint density at radius 2 is 1.86 bits per heavy atom. The second kappa shape index (κ2) is 7.35. The van der Waals surface area contributed by atoms with E-state index in [-0.39, 0.29) is 6.61 Å². The van der Waals surface area contributed by atoms with Gasteiger partial charge in [0.1, 0.15) is 12.4 Å². The van der Waals surface area contributed by atoms with Crippen molar-refractivity contribution in [3.63, 3.8) is 0 Å². The second-order valence-electron chi connectivity index (χ2n) is 4.26. The summed E-state index contributed by atoms with van der Waals surface area (Å²) in [6.07, 6.45) is 0. The average molecular weight is 291 g/mol. The number of nitrogens with zero attached hydrogens (tertiary/aromatic N) is 1. The molecule has 21 heavy (non-hydrogen) atoms. The minimum Gasteiger partial charge on any atom is -0.491 e. The summed E-state index contributed by atoms with van der Waals surface area (Å²) < 4.78 is 24.1. The standard InChI is InChI=1S/C15H14FNO4/c16-14-10-12(6-7-15(14)17(18)19)11-20-8-9-21-13-4-2-1-3-5-13/h1-7,10H,8-9,11H2. The number of benzene rings is 2. The van der Waals surface area contributed by atoms with Crippen LogP contribution >= 0.6 is 0 Å².